The van der Waals surface area contributed by atoms with Gasteiger partial charge < -0.3 is 5.32 Å². The molecular weight excluding hydrogens is 374 g/mol. The lowest BCUT2D eigenvalue weighted by Crippen LogP contribution is -2.17. The standard InChI is InChI=1S/C21H21N3O3S/c1-14-5-4-6-17(11-14)24-28(26,27)18-8-7-15(2)19(12-18)21(25)23-20-13-22-10-9-16(20)3/h4-13,24H,1-3H3,(H,23,25). The Labute approximate surface area is 164 Å². The summed E-state index contributed by atoms with van der Waals surface area (Å²) in [7, 11) is -3.83. The SMILES string of the molecule is Cc1cccc(NS(=O)(=O)c2ccc(C)c(C(=O)Nc3cnccc3C)c2)c1. The molecule has 1 aromatic heterocycles. The third kappa shape index (κ3) is 4.37. The fraction of sp³-hybridized carbons (Fsp3) is 0.143. The maximum absolute atomic E-state index is 12.8. The van der Waals surface area contributed by atoms with E-state index < -0.39 is 10.0 Å². The van der Waals surface area contributed by atoms with Crippen LogP contribution in [0.2, 0.25) is 0 Å². The van der Waals surface area contributed by atoms with Crippen LogP contribution in [0, 0.1) is 20.8 Å². The molecule has 0 saturated heterocycles. The van der Waals surface area contributed by atoms with Crippen LogP contribution in [-0.4, -0.2) is 19.3 Å². The first-order valence-corrected chi connectivity index (χ1v) is 10.2. The number of aromatic nitrogens is 1. The van der Waals surface area contributed by atoms with Gasteiger partial charge in [0.2, 0.25) is 0 Å². The van der Waals surface area contributed by atoms with Crippen LogP contribution in [0.4, 0.5) is 11.4 Å². The van der Waals surface area contributed by atoms with Crippen LogP contribution in [0.25, 0.3) is 0 Å². The zero-order valence-corrected chi connectivity index (χ0v) is 16.7. The summed E-state index contributed by atoms with van der Waals surface area (Å²) in [5.41, 5.74) is 3.82. The molecule has 2 aromatic carbocycles. The predicted molar refractivity (Wildman–Crippen MR) is 110 cm³/mol. The minimum atomic E-state index is -3.83. The molecule has 7 heteroatoms. The molecule has 0 bridgehead atoms. The first kappa shape index (κ1) is 19.6. The van der Waals surface area contributed by atoms with Gasteiger partial charge in [0.05, 0.1) is 16.8 Å². The van der Waals surface area contributed by atoms with Crippen LogP contribution < -0.4 is 10.0 Å². The normalized spacial score (nSPS) is 11.1. The molecule has 3 rings (SSSR count). The minimum absolute atomic E-state index is 0.0210. The van der Waals surface area contributed by atoms with E-state index in [-0.39, 0.29) is 16.4 Å². The lowest BCUT2D eigenvalue weighted by molar-refractivity contribution is 0.102. The molecule has 0 aliphatic carbocycles. The second-order valence-corrected chi connectivity index (χ2v) is 8.28. The summed E-state index contributed by atoms with van der Waals surface area (Å²) in [5.74, 6) is -0.388. The van der Waals surface area contributed by atoms with Gasteiger partial charge in [-0.15, -0.1) is 0 Å². The molecule has 6 nitrogen and oxygen atoms in total. The number of rotatable bonds is 5. The minimum Gasteiger partial charge on any atom is -0.320 e. The van der Waals surface area contributed by atoms with E-state index in [1.807, 2.05) is 19.9 Å². The van der Waals surface area contributed by atoms with Gasteiger partial charge in [0.25, 0.3) is 15.9 Å². The molecule has 0 fully saturated rings. The molecule has 0 spiro atoms. The number of amides is 1. The Bertz CT molecular complexity index is 1140. The Morgan fingerprint density at radius 2 is 1.75 bits per heavy atom. The van der Waals surface area contributed by atoms with Gasteiger partial charge in [-0.1, -0.05) is 18.2 Å². The molecule has 0 saturated carbocycles. The van der Waals surface area contributed by atoms with E-state index in [4.69, 9.17) is 0 Å². The summed E-state index contributed by atoms with van der Waals surface area (Å²) in [5, 5.41) is 2.79. The molecule has 1 heterocycles. The number of sulfonamides is 1. The molecule has 28 heavy (non-hydrogen) atoms. The number of benzene rings is 2. The highest BCUT2D eigenvalue weighted by Crippen LogP contribution is 2.21. The van der Waals surface area contributed by atoms with Crippen LogP contribution >= 0.6 is 0 Å². The van der Waals surface area contributed by atoms with Gasteiger partial charge in [0, 0.05) is 17.4 Å². The molecule has 0 aliphatic heterocycles. The zero-order valence-electron chi connectivity index (χ0n) is 15.9. The van der Waals surface area contributed by atoms with Crippen LogP contribution in [0.5, 0.6) is 0 Å². The number of anilines is 2. The van der Waals surface area contributed by atoms with Crippen molar-refractivity contribution in [1.82, 2.24) is 4.98 Å². The predicted octanol–water partition coefficient (Wildman–Crippen LogP) is 4.06. The highest BCUT2D eigenvalue weighted by molar-refractivity contribution is 7.92. The number of hydrogen-bond donors (Lipinski definition) is 2. The van der Waals surface area contributed by atoms with E-state index in [2.05, 4.69) is 15.0 Å². The summed E-state index contributed by atoms with van der Waals surface area (Å²) in [4.78, 5) is 16.7. The van der Waals surface area contributed by atoms with Crippen molar-refractivity contribution >= 4 is 27.3 Å². The van der Waals surface area contributed by atoms with Crippen LogP contribution in [-0.2, 0) is 10.0 Å². The molecule has 1 amide bonds. The summed E-state index contributed by atoms with van der Waals surface area (Å²) < 4.78 is 28.1. The van der Waals surface area contributed by atoms with Gasteiger partial charge in [-0.05, 0) is 67.8 Å². The summed E-state index contributed by atoms with van der Waals surface area (Å²) in [6.07, 6.45) is 3.20. The van der Waals surface area contributed by atoms with E-state index in [1.54, 1.807) is 49.6 Å². The van der Waals surface area contributed by atoms with Gasteiger partial charge in [0.15, 0.2) is 0 Å². The second kappa shape index (κ2) is 7.82. The first-order valence-electron chi connectivity index (χ1n) is 8.68. The van der Waals surface area contributed by atoms with Gasteiger partial charge in [-0.25, -0.2) is 8.42 Å². The van der Waals surface area contributed by atoms with Crippen molar-refractivity contribution in [1.29, 1.82) is 0 Å². The molecule has 2 N–H and O–H groups in total. The Morgan fingerprint density at radius 1 is 0.964 bits per heavy atom. The van der Waals surface area contributed by atoms with Crippen LogP contribution in [0.3, 0.4) is 0 Å². The molecule has 3 aromatic rings. The van der Waals surface area contributed by atoms with E-state index in [9.17, 15) is 13.2 Å². The topological polar surface area (TPSA) is 88.2 Å². The lowest BCUT2D eigenvalue weighted by Gasteiger charge is -2.13. The van der Waals surface area contributed by atoms with Gasteiger partial charge in [-0.2, -0.15) is 0 Å². The smallest absolute Gasteiger partial charge is 0.261 e. The summed E-state index contributed by atoms with van der Waals surface area (Å²) in [6, 6.07) is 13.4. The number of carbonyl (C=O) groups excluding carboxylic acids is 1. The van der Waals surface area contributed by atoms with Crippen LogP contribution in [0.15, 0.2) is 65.8 Å². The van der Waals surface area contributed by atoms with Crippen LogP contribution in [0.1, 0.15) is 27.0 Å². The number of nitrogens with zero attached hydrogens (tertiary/aromatic N) is 1. The average molecular weight is 395 g/mol. The molecule has 144 valence electrons. The Kier molecular flexibility index (Phi) is 5.46. The van der Waals surface area contributed by atoms with Crippen molar-refractivity contribution in [2.45, 2.75) is 25.7 Å². The van der Waals surface area contributed by atoms with Crippen molar-refractivity contribution in [3.8, 4) is 0 Å². The number of hydrogen-bond acceptors (Lipinski definition) is 4. The zero-order chi connectivity index (χ0) is 20.3. The highest BCUT2D eigenvalue weighted by Gasteiger charge is 2.19. The van der Waals surface area contributed by atoms with Crippen molar-refractivity contribution < 1.29 is 13.2 Å². The largest absolute Gasteiger partial charge is 0.320 e. The lowest BCUT2D eigenvalue weighted by atomic mass is 10.1. The Balaban J connectivity index is 1.90. The molecular formula is C21H21N3O3S. The number of nitrogens with one attached hydrogen (secondary N) is 2. The highest BCUT2D eigenvalue weighted by atomic mass is 32.2. The molecule has 0 unspecified atom stereocenters. The third-order valence-electron chi connectivity index (χ3n) is 4.32. The van der Waals surface area contributed by atoms with Crippen molar-refractivity contribution in [2.75, 3.05) is 10.0 Å². The van der Waals surface area contributed by atoms with Crippen molar-refractivity contribution in [3.05, 3.63) is 83.2 Å². The van der Waals surface area contributed by atoms with Crippen molar-refractivity contribution in [2.24, 2.45) is 0 Å². The number of pyridine rings is 1. The van der Waals surface area contributed by atoms with Crippen molar-refractivity contribution in [3.63, 3.8) is 0 Å². The maximum Gasteiger partial charge on any atom is 0.261 e. The number of aryl methyl sites for hydroxylation is 3. The fourth-order valence-electron chi connectivity index (χ4n) is 2.72. The number of carbonyl (C=O) groups is 1. The maximum atomic E-state index is 12.8. The average Bonchev–Trinajstić information content (AvgIpc) is 2.63. The van der Waals surface area contributed by atoms with E-state index >= 15 is 0 Å². The van der Waals surface area contributed by atoms with Gasteiger partial charge in [-0.3, -0.25) is 14.5 Å². The quantitative estimate of drug-likeness (QED) is 0.682. The van der Waals surface area contributed by atoms with E-state index in [0.29, 0.717) is 16.9 Å². The molecule has 0 atom stereocenters. The molecule has 0 radical (unpaired) electrons. The van der Waals surface area contributed by atoms with Gasteiger partial charge in [0.1, 0.15) is 0 Å². The monoisotopic (exact) mass is 395 g/mol. The summed E-state index contributed by atoms with van der Waals surface area (Å²) >= 11 is 0. The Hall–Kier alpha value is -3.19. The third-order valence-corrected chi connectivity index (χ3v) is 5.70. The summed E-state index contributed by atoms with van der Waals surface area (Å²) in [6.45, 7) is 5.50. The van der Waals surface area contributed by atoms with E-state index in [1.165, 1.54) is 12.1 Å². The molecule has 0 aliphatic rings. The van der Waals surface area contributed by atoms with E-state index in [0.717, 1.165) is 11.1 Å². The van der Waals surface area contributed by atoms with Gasteiger partial charge >= 0.3 is 0 Å². The first-order chi connectivity index (χ1) is 13.3. The second-order valence-electron chi connectivity index (χ2n) is 6.60. The Morgan fingerprint density at radius 3 is 2.46 bits per heavy atom. The fourth-order valence-corrected chi connectivity index (χ4v) is 3.80.